The van der Waals surface area contributed by atoms with Gasteiger partial charge in [-0.05, 0) is 44.7 Å². The third-order valence-corrected chi connectivity index (χ3v) is 3.94. The van der Waals surface area contributed by atoms with Crippen molar-refractivity contribution < 1.29 is 4.79 Å². The van der Waals surface area contributed by atoms with Crippen LogP contribution in [0.15, 0.2) is 0 Å². The molecule has 3 heteroatoms. The molecule has 2 rings (SSSR count). The summed E-state index contributed by atoms with van der Waals surface area (Å²) in [6, 6.07) is 0. The number of hydrogen-bond donors (Lipinski definition) is 0. The van der Waals surface area contributed by atoms with Gasteiger partial charge in [0.25, 0.3) is 0 Å². The highest BCUT2D eigenvalue weighted by molar-refractivity contribution is 5.78. The molecule has 0 bridgehead atoms. The highest BCUT2D eigenvalue weighted by Gasteiger charge is 2.22. The summed E-state index contributed by atoms with van der Waals surface area (Å²) < 4.78 is 0. The molecular formula is C13H24N2O. The van der Waals surface area contributed by atoms with Crippen molar-refractivity contribution in [1.29, 1.82) is 0 Å². The Morgan fingerprint density at radius 3 is 2.31 bits per heavy atom. The van der Waals surface area contributed by atoms with Gasteiger partial charge < -0.3 is 4.90 Å². The Hall–Kier alpha value is -0.570. The molecule has 16 heavy (non-hydrogen) atoms. The van der Waals surface area contributed by atoms with Crippen LogP contribution in [0.2, 0.25) is 0 Å². The molecule has 0 atom stereocenters. The van der Waals surface area contributed by atoms with Crippen molar-refractivity contribution in [1.82, 2.24) is 9.80 Å². The van der Waals surface area contributed by atoms with Crippen LogP contribution in [0.3, 0.4) is 0 Å². The standard InChI is InChI=1S/C13H24N2O/c1-12-5-9-15(10-6-12)13(16)11-14-7-3-2-4-8-14/h12H,2-11H2,1H3. The second kappa shape index (κ2) is 5.67. The summed E-state index contributed by atoms with van der Waals surface area (Å²) in [7, 11) is 0. The molecule has 0 unspecified atom stereocenters. The van der Waals surface area contributed by atoms with E-state index >= 15 is 0 Å². The predicted octanol–water partition coefficient (Wildman–Crippen LogP) is 1.73. The Morgan fingerprint density at radius 1 is 1.06 bits per heavy atom. The summed E-state index contributed by atoms with van der Waals surface area (Å²) in [6.07, 6.45) is 6.25. The number of piperidine rings is 2. The fourth-order valence-electron chi connectivity index (χ4n) is 2.67. The molecule has 2 aliphatic rings. The van der Waals surface area contributed by atoms with Gasteiger partial charge in [0.2, 0.25) is 5.91 Å². The van der Waals surface area contributed by atoms with E-state index in [-0.39, 0.29) is 0 Å². The van der Waals surface area contributed by atoms with Gasteiger partial charge in [-0.2, -0.15) is 0 Å². The van der Waals surface area contributed by atoms with Crippen LogP contribution in [0.5, 0.6) is 0 Å². The number of carbonyl (C=O) groups is 1. The third kappa shape index (κ3) is 3.21. The fraction of sp³-hybridized carbons (Fsp3) is 0.923. The lowest BCUT2D eigenvalue weighted by molar-refractivity contribution is -0.133. The topological polar surface area (TPSA) is 23.6 Å². The normalized spacial score (nSPS) is 24.7. The minimum absolute atomic E-state index is 0.355. The van der Waals surface area contributed by atoms with E-state index in [9.17, 15) is 4.79 Å². The quantitative estimate of drug-likeness (QED) is 0.713. The molecule has 2 aliphatic heterocycles. The van der Waals surface area contributed by atoms with Crippen molar-refractivity contribution in [2.24, 2.45) is 5.92 Å². The highest BCUT2D eigenvalue weighted by Crippen LogP contribution is 2.16. The first-order valence-corrected chi connectivity index (χ1v) is 6.76. The van der Waals surface area contributed by atoms with Crippen LogP contribution in [0, 0.1) is 5.92 Å². The van der Waals surface area contributed by atoms with E-state index in [0.29, 0.717) is 12.5 Å². The van der Waals surface area contributed by atoms with Crippen LogP contribution in [-0.2, 0) is 4.79 Å². The number of amides is 1. The third-order valence-electron chi connectivity index (χ3n) is 3.94. The number of nitrogens with zero attached hydrogens (tertiary/aromatic N) is 2. The Balaban J connectivity index is 1.74. The zero-order valence-electron chi connectivity index (χ0n) is 10.5. The van der Waals surface area contributed by atoms with Crippen molar-refractivity contribution in [3.8, 4) is 0 Å². The summed E-state index contributed by atoms with van der Waals surface area (Å²) in [5.41, 5.74) is 0. The Kier molecular flexibility index (Phi) is 4.22. The molecule has 0 aromatic carbocycles. The molecular weight excluding hydrogens is 200 g/mol. The molecule has 0 aromatic heterocycles. The van der Waals surface area contributed by atoms with E-state index in [1.165, 1.54) is 32.1 Å². The fourth-order valence-corrected chi connectivity index (χ4v) is 2.67. The van der Waals surface area contributed by atoms with E-state index in [2.05, 4.69) is 16.7 Å². The number of rotatable bonds is 2. The Labute approximate surface area is 98.8 Å². The molecule has 0 saturated carbocycles. The lowest BCUT2D eigenvalue weighted by Crippen LogP contribution is -2.45. The van der Waals surface area contributed by atoms with Crippen molar-refractivity contribution in [2.45, 2.75) is 39.0 Å². The maximum absolute atomic E-state index is 12.1. The lowest BCUT2D eigenvalue weighted by atomic mass is 9.99. The molecule has 0 N–H and O–H groups in total. The van der Waals surface area contributed by atoms with E-state index < -0.39 is 0 Å². The largest absolute Gasteiger partial charge is 0.342 e. The summed E-state index contributed by atoms with van der Waals surface area (Å²) in [4.78, 5) is 16.4. The van der Waals surface area contributed by atoms with Crippen molar-refractivity contribution in [3.63, 3.8) is 0 Å². The van der Waals surface area contributed by atoms with Crippen LogP contribution in [-0.4, -0.2) is 48.4 Å². The van der Waals surface area contributed by atoms with Crippen LogP contribution < -0.4 is 0 Å². The van der Waals surface area contributed by atoms with Gasteiger partial charge in [-0.15, -0.1) is 0 Å². The lowest BCUT2D eigenvalue weighted by Gasteiger charge is -2.33. The minimum Gasteiger partial charge on any atom is -0.342 e. The average molecular weight is 224 g/mol. The van der Waals surface area contributed by atoms with Gasteiger partial charge in [-0.25, -0.2) is 0 Å². The zero-order chi connectivity index (χ0) is 11.4. The summed E-state index contributed by atoms with van der Waals surface area (Å²) in [6.45, 7) is 7.15. The minimum atomic E-state index is 0.355. The summed E-state index contributed by atoms with van der Waals surface area (Å²) >= 11 is 0. The molecule has 0 radical (unpaired) electrons. The van der Waals surface area contributed by atoms with Gasteiger partial charge in [0.1, 0.15) is 0 Å². The number of likely N-dealkylation sites (tertiary alicyclic amines) is 2. The highest BCUT2D eigenvalue weighted by atomic mass is 16.2. The van der Waals surface area contributed by atoms with Crippen molar-refractivity contribution >= 4 is 5.91 Å². The van der Waals surface area contributed by atoms with E-state index in [1.807, 2.05) is 0 Å². The van der Waals surface area contributed by atoms with Crippen molar-refractivity contribution in [3.05, 3.63) is 0 Å². The van der Waals surface area contributed by atoms with Crippen LogP contribution in [0.25, 0.3) is 0 Å². The molecule has 2 saturated heterocycles. The monoisotopic (exact) mass is 224 g/mol. The predicted molar refractivity (Wildman–Crippen MR) is 65.3 cm³/mol. The van der Waals surface area contributed by atoms with Gasteiger partial charge in [-0.1, -0.05) is 13.3 Å². The van der Waals surface area contributed by atoms with Gasteiger partial charge in [-0.3, -0.25) is 9.69 Å². The van der Waals surface area contributed by atoms with Crippen molar-refractivity contribution in [2.75, 3.05) is 32.7 Å². The second-order valence-corrected chi connectivity index (χ2v) is 5.40. The number of hydrogen-bond acceptors (Lipinski definition) is 2. The first-order valence-electron chi connectivity index (χ1n) is 6.76. The van der Waals surface area contributed by atoms with Crippen LogP contribution in [0.4, 0.5) is 0 Å². The first-order chi connectivity index (χ1) is 7.75. The molecule has 1 amide bonds. The smallest absolute Gasteiger partial charge is 0.236 e. The second-order valence-electron chi connectivity index (χ2n) is 5.40. The van der Waals surface area contributed by atoms with Crippen LogP contribution >= 0.6 is 0 Å². The van der Waals surface area contributed by atoms with Crippen LogP contribution in [0.1, 0.15) is 39.0 Å². The van der Waals surface area contributed by atoms with E-state index in [0.717, 1.165) is 32.1 Å². The molecule has 92 valence electrons. The maximum Gasteiger partial charge on any atom is 0.236 e. The molecule has 2 heterocycles. The Morgan fingerprint density at radius 2 is 1.69 bits per heavy atom. The summed E-state index contributed by atoms with van der Waals surface area (Å²) in [5, 5.41) is 0. The molecule has 0 aliphatic carbocycles. The molecule has 0 aromatic rings. The summed E-state index contributed by atoms with van der Waals surface area (Å²) in [5.74, 6) is 1.16. The zero-order valence-corrected chi connectivity index (χ0v) is 10.5. The van der Waals surface area contributed by atoms with E-state index in [1.54, 1.807) is 0 Å². The first kappa shape index (κ1) is 11.9. The average Bonchev–Trinajstić information content (AvgIpc) is 2.31. The van der Waals surface area contributed by atoms with Gasteiger partial charge >= 0.3 is 0 Å². The Bertz CT molecular complexity index is 228. The van der Waals surface area contributed by atoms with Gasteiger partial charge in [0.05, 0.1) is 6.54 Å². The van der Waals surface area contributed by atoms with Gasteiger partial charge in [0, 0.05) is 13.1 Å². The van der Waals surface area contributed by atoms with E-state index in [4.69, 9.17) is 0 Å². The molecule has 2 fully saturated rings. The van der Waals surface area contributed by atoms with Gasteiger partial charge in [0.15, 0.2) is 0 Å². The molecule has 3 nitrogen and oxygen atoms in total. The number of carbonyl (C=O) groups excluding carboxylic acids is 1. The maximum atomic E-state index is 12.1. The molecule has 0 spiro atoms. The SMILES string of the molecule is CC1CCN(C(=O)CN2CCCCC2)CC1.